The fourth-order valence-electron chi connectivity index (χ4n) is 1.57. The lowest BCUT2D eigenvalue weighted by molar-refractivity contribution is 0.0895. The summed E-state index contributed by atoms with van der Waals surface area (Å²) in [5.41, 5.74) is 0.198. The second kappa shape index (κ2) is 6.27. The van der Waals surface area contributed by atoms with Crippen molar-refractivity contribution in [3.05, 3.63) is 29.8 Å². The molecule has 1 N–H and O–H groups in total. The Bertz CT molecular complexity index is 400. The SMILES string of the molecule is CC(C)(C)C(CCBr)NC(=O)c1ccc(F)cn1. The van der Waals surface area contributed by atoms with E-state index in [-0.39, 0.29) is 23.1 Å². The number of carbonyl (C=O) groups excluding carboxylic acids is 1. The van der Waals surface area contributed by atoms with Gasteiger partial charge in [-0.25, -0.2) is 9.37 Å². The highest BCUT2D eigenvalue weighted by molar-refractivity contribution is 9.09. The number of rotatable bonds is 4. The molecule has 0 aliphatic heterocycles. The number of nitrogens with zero attached hydrogens (tertiary/aromatic N) is 1. The maximum Gasteiger partial charge on any atom is 0.270 e. The van der Waals surface area contributed by atoms with Gasteiger partial charge in [-0.3, -0.25) is 4.79 Å². The van der Waals surface area contributed by atoms with Gasteiger partial charge in [-0.05, 0) is 24.0 Å². The lowest BCUT2D eigenvalue weighted by atomic mass is 9.85. The monoisotopic (exact) mass is 316 g/mol. The first kappa shape index (κ1) is 15.1. The van der Waals surface area contributed by atoms with Crippen LogP contribution >= 0.6 is 15.9 Å². The van der Waals surface area contributed by atoms with E-state index in [1.807, 2.05) is 0 Å². The van der Waals surface area contributed by atoms with Crippen LogP contribution in [0.2, 0.25) is 0 Å². The maximum absolute atomic E-state index is 12.7. The average molecular weight is 317 g/mol. The van der Waals surface area contributed by atoms with Crippen molar-refractivity contribution in [1.29, 1.82) is 0 Å². The Morgan fingerprint density at radius 2 is 2.17 bits per heavy atom. The zero-order chi connectivity index (χ0) is 13.8. The summed E-state index contributed by atoms with van der Waals surface area (Å²) in [5.74, 6) is -0.713. The molecular formula is C13H18BrFN2O. The Hall–Kier alpha value is -0.970. The van der Waals surface area contributed by atoms with E-state index in [1.165, 1.54) is 12.1 Å². The van der Waals surface area contributed by atoms with E-state index in [2.05, 4.69) is 47.0 Å². The standard InChI is InChI=1S/C13H18BrFN2O/c1-13(2,3)11(6-7-14)17-12(18)10-5-4-9(15)8-16-10/h4-5,8,11H,6-7H2,1-3H3,(H,17,18). The van der Waals surface area contributed by atoms with Crippen molar-refractivity contribution in [3.63, 3.8) is 0 Å². The van der Waals surface area contributed by atoms with E-state index in [1.54, 1.807) is 0 Å². The molecule has 1 rings (SSSR count). The van der Waals surface area contributed by atoms with E-state index in [0.29, 0.717) is 0 Å². The van der Waals surface area contributed by atoms with Crippen molar-refractivity contribution in [2.75, 3.05) is 5.33 Å². The van der Waals surface area contributed by atoms with E-state index >= 15 is 0 Å². The lowest BCUT2D eigenvalue weighted by Gasteiger charge is -2.31. The zero-order valence-corrected chi connectivity index (χ0v) is 12.4. The topological polar surface area (TPSA) is 42.0 Å². The summed E-state index contributed by atoms with van der Waals surface area (Å²) in [5, 5.41) is 3.75. The number of nitrogens with one attached hydrogen (secondary N) is 1. The molecule has 0 aliphatic carbocycles. The molecule has 1 heterocycles. The molecule has 0 spiro atoms. The van der Waals surface area contributed by atoms with Crippen LogP contribution in [0.25, 0.3) is 0 Å². The van der Waals surface area contributed by atoms with Crippen molar-refractivity contribution < 1.29 is 9.18 Å². The number of hydrogen-bond acceptors (Lipinski definition) is 2. The average Bonchev–Trinajstić information content (AvgIpc) is 2.28. The van der Waals surface area contributed by atoms with Gasteiger partial charge >= 0.3 is 0 Å². The quantitative estimate of drug-likeness (QED) is 0.867. The Kier molecular flexibility index (Phi) is 5.26. The molecule has 100 valence electrons. The van der Waals surface area contributed by atoms with Gasteiger partial charge in [0.15, 0.2) is 0 Å². The minimum atomic E-state index is -0.445. The molecule has 1 amide bonds. The summed E-state index contributed by atoms with van der Waals surface area (Å²) in [6.07, 6.45) is 1.88. The Balaban J connectivity index is 2.75. The normalized spacial score (nSPS) is 13.2. The fourth-order valence-corrected chi connectivity index (χ4v) is 2.03. The molecule has 0 saturated heterocycles. The first-order valence-corrected chi connectivity index (χ1v) is 6.95. The van der Waals surface area contributed by atoms with Gasteiger partial charge < -0.3 is 5.32 Å². The smallest absolute Gasteiger partial charge is 0.270 e. The van der Waals surface area contributed by atoms with Crippen LogP contribution in [-0.4, -0.2) is 22.3 Å². The number of hydrogen-bond donors (Lipinski definition) is 1. The molecule has 1 atom stereocenters. The summed E-state index contributed by atoms with van der Waals surface area (Å²) in [7, 11) is 0. The predicted molar refractivity (Wildman–Crippen MR) is 73.3 cm³/mol. The highest BCUT2D eigenvalue weighted by Gasteiger charge is 2.26. The van der Waals surface area contributed by atoms with Crippen LogP contribution < -0.4 is 5.32 Å². The Labute approximate surface area is 115 Å². The Morgan fingerprint density at radius 1 is 1.50 bits per heavy atom. The zero-order valence-electron chi connectivity index (χ0n) is 10.8. The third kappa shape index (κ3) is 4.37. The van der Waals surface area contributed by atoms with Gasteiger partial charge in [-0.15, -0.1) is 0 Å². The molecule has 18 heavy (non-hydrogen) atoms. The van der Waals surface area contributed by atoms with Crippen LogP contribution in [0.3, 0.4) is 0 Å². The van der Waals surface area contributed by atoms with Gasteiger partial charge in [0.1, 0.15) is 11.5 Å². The molecule has 3 nitrogen and oxygen atoms in total. The summed E-state index contributed by atoms with van der Waals surface area (Å²) in [6, 6.07) is 2.66. The second-order valence-electron chi connectivity index (χ2n) is 5.23. The van der Waals surface area contributed by atoms with E-state index in [0.717, 1.165) is 17.9 Å². The van der Waals surface area contributed by atoms with E-state index < -0.39 is 5.82 Å². The van der Waals surface area contributed by atoms with E-state index in [4.69, 9.17) is 0 Å². The van der Waals surface area contributed by atoms with Crippen LogP contribution in [0.1, 0.15) is 37.7 Å². The third-order valence-electron chi connectivity index (χ3n) is 2.71. The van der Waals surface area contributed by atoms with Crippen LogP contribution in [0.4, 0.5) is 4.39 Å². The highest BCUT2D eigenvalue weighted by atomic mass is 79.9. The third-order valence-corrected chi connectivity index (χ3v) is 3.17. The van der Waals surface area contributed by atoms with E-state index in [9.17, 15) is 9.18 Å². The highest BCUT2D eigenvalue weighted by Crippen LogP contribution is 2.22. The number of pyridine rings is 1. The minimum Gasteiger partial charge on any atom is -0.347 e. The summed E-state index contributed by atoms with van der Waals surface area (Å²) < 4.78 is 12.7. The van der Waals surface area contributed by atoms with Crippen molar-refractivity contribution in [2.45, 2.75) is 33.2 Å². The molecule has 0 fully saturated rings. The van der Waals surface area contributed by atoms with Crippen molar-refractivity contribution in [3.8, 4) is 0 Å². The molecule has 1 unspecified atom stereocenters. The predicted octanol–water partition coefficient (Wildman–Crippen LogP) is 3.15. The van der Waals surface area contributed by atoms with Crippen LogP contribution in [0.5, 0.6) is 0 Å². The number of halogens is 2. The summed E-state index contributed by atoms with van der Waals surface area (Å²) in [4.78, 5) is 15.8. The largest absolute Gasteiger partial charge is 0.347 e. The summed E-state index contributed by atoms with van der Waals surface area (Å²) in [6.45, 7) is 6.20. The summed E-state index contributed by atoms with van der Waals surface area (Å²) >= 11 is 3.38. The molecule has 5 heteroatoms. The Morgan fingerprint density at radius 3 is 2.61 bits per heavy atom. The molecule has 1 aromatic heterocycles. The number of aromatic nitrogens is 1. The second-order valence-corrected chi connectivity index (χ2v) is 6.02. The maximum atomic E-state index is 12.7. The minimum absolute atomic E-state index is 0.0382. The van der Waals surface area contributed by atoms with Gasteiger partial charge in [0.2, 0.25) is 0 Å². The van der Waals surface area contributed by atoms with Crippen molar-refractivity contribution in [2.24, 2.45) is 5.41 Å². The van der Waals surface area contributed by atoms with Crippen molar-refractivity contribution >= 4 is 21.8 Å². The number of alkyl halides is 1. The first-order valence-electron chi connectivity index (χ1n) is 5.83. The van der Waals surface area contributed by atoms with Gasteiger partial charge in [0, 0.05) is 11.4 Å². The molecule has 0 aromatic carbocycles. The molecule has 0 bridgehead atoms. The molecular weight excluding hydrogens is 299 g/mol. The first-order chi connectivity index (χ1) is 8.34. The van der Waals surface area contributed by atoms with Gasteiger partial charge in [-0.2, -0.15) is 0 Å². The van der Waals surface area contributed by atoms with Crippen molar-refractivity contribution in [1.82, 2.24) is 10.3 Å². The number of amides is 1. The number of carbonyl (C=O) groups is 1. The molecule has 0 radical (unpaired) electrons. The van der Waals surface area contributed by atoms with Gasteiger partial charge in [0.25, 0.3) is 5.91 Å². The fraction of sp³-hybridized carbons (Fsp3) is 0.538. The van der Waals surface area contributed by atoms with Crippen LogP contribution in [0.15, 0.2) is 18.3 Å². The lowest BCUT2D eigenvalue weighted by Crippen LogP contribution is -2.44. The van der Waals surface area contributed by atoms with Gasteiger partial charge in [0.05, 0.1) is 6.20 Å². The molecule has 0 saturated carbocycles. The van der Waals surface area contributed by atoms with Crippen LogP contribution in [0, 0.1) is 11.2 Å². The van der Waals surface area contributed by atoms with Crippen LogP contribution in [-0.2, 0) is 0 Å². The molecule has 1 aromatic rings. The van der Waals surface area contributed by atoms with Gasteiger partial charge in [-0.1, -0.05) is 36.7 Å². The molecule has 0 aliphatic rings.